The second-order valence-corrected chi connectivity index (χ2v) is 9.13. The fourth-order valence-electron chi connectivity index (χ4n) is 2.52. The molecule has 0 spiro atoms. The third kappa shape index (κ3) is 7.30. The maximum atomic E-state index is 12.8. The lowest BCUT2D eigenvalue weighted by atomic mass is 10.2. The Morgan fingerprint density at radius 3 is 2.58 bits per heavy atom. The summed E-state index contributed by atoms with van der Waals surface area (Å²) in [4.78, 5) is 27.7. The number of hydrogen-bond donors (Lipinski definition) is 2. The van der Waals surface area contributed by atoms with Crippen LogP contribution in [0, 0.1) is 0 Å². The van der Waals surface area contributed by atoms with Crippen LogP contribution in [-0.4, -0.2) is 33.8 Å². The van der Waals surface area contributed by atoms with E-state index in [4.69, 9.17) is 14.6 Å². The molecule has 0 aliphatic rings. The fourth-order valence-corrected chi connectivity index (χ4v) is 4.39. The summed E-state index contributed by atoms with van der Waals surface area (Å²) in [6.07, 6.45) is 1.62. The van der Waals surface area contributed by atoms with Gasteiger partial charge in [-0.15, -0.1) is 11.8 Å². The highest BCUT2D eigenvalue weighted by Gasteiger charge is 2.14. The number of carboxylic acid groups (broad SMARTS) is 1. The molecule has 0 radical (unpaired) electrons. The number of thiazole rings is 1. The molecule has 0 aliphatic heterocycles. The van der Waals surface area contributed by atoms with Crippen molar-refractivity contribution in [2.45, 2.75) is 30.6 Å². The molecule has 9 heteroatoms. The maximum Gasteiger partial charge on any atom is 0.304 e. The summed E-state index contributed by atoms with van der Waals surface area (Å²) in [5.41, 5.74) is 0.374. The molecular weight excluding hydrogens is 436 g/mol. The first-order valence-corrected chi connectivity index (χ1v) is 11.4. The molecule has 1 aromatic heterocycles. The molecule has 2 N–H and O–H groups in total. The Morgan fingerprint density at radius 2 is 1.87 bits per heavy atom. The van der Waals surface area contributed by atoms with Gasteiger partial charge >= 0.3 is 5.97 Å². The standard InChI is InChI=1S/C22H22N2O5S2/c1-14(2)28-17-10-15(11-18(12-17)29-16-6-4-3-5-7-16)21(27)24-22-23-13-20(31-22)30-9-8-19(25)26/h3-7,10-14H,8-9H2,1-2H3,(H,25,26)(H,23,24,27). The van der Waals surface area contributed by atoms with Gasteiger partial charge in [0.15, 0.2) is 5.13 Å². The minimum atomic E-state index is -0.845. The van der Waals surface area contributed by atoms with Crippen LogP contribution >= 0.6 is 23.1 Å². The zero-order valence-electron chi connectivity index (χ0n) is 17.0. The van der Waals surface area contributed by atoms with E-state index >= 15 is 0 Å². The Bertz CT molecular complexity index is 1040. The van der Waals surface area contributed by atoms with Crippen LogP contribution < -0.4 is 14.8 Å². The first kappa shape index (κ1) is 22.6. The highest BCUT2D eigenvalue weighted by molar-refractivity contribution is 8.01. The number of nitrogens with zero attached hydrogens (tertiary/aromatic N) is 1. The number of carbonyl (C=O) groups excluding carboxylic acids is 1. The van der Waals surface area contributed by atoms with Crippen LogP contribution in [0.5, 0.6) is 17.2 Å². The summed E-state index contributed by atoms with van der Waals surface area (Å²) in [5, 5.41) is 11.9. The predicted octanol–water partition coefficient (Wildman–Crippen LogP) is 5.54. The number of rotatable bonds is 10. The van der Waals surface area contributed by atoms with Gasteiger partial charge in [-0.05, 0) is 38.1 Å². The lowest BCUT2D eigenvalue weighted by Gasteiger charge is -2.14. The largest absolute Gasteiger partial charge is 0.491 e. The summed E-state index contributed by atoms with van der Waals surface area (Å²) in [6, 6.07) is 14.3. The molecule has 2 aromatic carbocycles. The van der Waals surface area contributed by atoms with Gasteiger partial charge in [0, 0.05) is 17.4 Å². The van der Waals surface area contributed by atoms with E-state index in [0.29, 0.717) is 33.7 Å². The van der Waals surface area contributed by atoms with Crippen molar-refractivity contribution in [3.8, 4) is 17.2 Å². The van der Waals surface area contributed by atoms with Crippen molar-refractivity contribution in [1.82, 2.24) is 4.98 Å². The zero-order valence-corrected chi connectivity index (χ0v) is 18.7. The lowest BCUT2D eigenvalue weighted by molar-refractivity contribution is -0.136. The lowest BCUT2D eigenvalue weighted by Crippen LogP contribution is -2.13. The van der Waals surface area contributed by atoms with Crippen LogP contribution in [0.1, 0.15) is 30.6 Å². The van der Waals surface area contributed by atoms with Crippen LogP contribution in [0.15, 0.2) is 58.9 Å². The topological polar surface area (TPSA) is 97.8 Å². The normalized spacial score (nSPS) is 10.7. The van der Waals surface area contributed by atoms with Crippen molar-refractivity contribution in [3.63, 3.8) is 0 Å². The molecule has 3 aromatic rings. The molecule has 1 amide bonds. The molecule has 7 nitrogen and oxygen atoms in total. The van der Waals surface area contributed by atoms with Crippen molar-refractivity contribution >= 4 is 40.1 Å². The molecule has 0 fully saturated rings. The molecule has 0 saturated heterocycles. The number of ether oxygens (including phenoxy) is 2. The summed E-state index contributed by atoms with van der Waals surface area (Å²) in [5.74, 6) is 0.917. The summed E-state index contributed by atoms with van der Waals surface area (Å²) in [6.45, 7) is 3.81. The zero-order chi connectivity index (χ0) is 22.2. The Balaban J connectivity index is 1.74. The van der Waals surface area contributed by atoms with E-state index in [-0.39, 0.29) is 18.4 Å². The number of aliphatic carboxylic acids is 1. The molecule has 31 heavy (non-hydrogen) atoms. The van der Waals surface area contributed by atoms with E-state index in [9.17, 15) is 9.59 Å². The molecule has 0 atom stereocenters. The predicted molar refractivity (Wildman–Crippen MR) is 122 cm³/mol. The molecule has 1 heterocycles. The van der Waals surface area contributed by atoms with E-state index in [1.165, 1.54) is 23.1 Å². The Labute approximate surface area is 188 Å². The molecule has 0 aliphatic carbocycles. The number of amides is 1. The second kappa shape index (κ2) is 10.8. The number of para-hydroxylation sites is 1. The minimum Gasteiger partial charge on any atom is -0.491 e. The molecule has 0 saturated carbocycles. The minimum absolute atomic E-state index is 0.0627. The summed E-state index contributed by atoms with van der Waals surface area (Å²) < 4.78 is 12.5. The van der Waals surface area contributed by atoms with Gasteiger partial charge in [-0.3, -0.25) is 14.9 Å². The monoisotopic (exact) mass is 458 g/mol. The van der Waals surface area contributed by atoms with Crippen LogP contribution in [0.25, 0.3) is 0 Å². The number of carboxylic acids is 1. The van der Waals surface area contributed by atoms with Gasteiger partial charge in [-0.1, -0.05) is 29.5 Å². The third-order valence-corrected chi connectivity index (χ3v) is 5.87. The first-order chi connectivity index (χ1) is 14.9. The number of aromatic nitrogens is 1. The number of benzene rings is 2. The number of anilines is 1. The van der Waals surface area contributed by atoms with Gasteiger partial charge in [0.25, 0.3) is 5.91 Å². The highest BCUT2D eigenvalue weighted by Crippen LogP contribution is 2.31. The van der Waals surface area contributed by atoms with Crippen molar-refractivity contribution in [2.24, 2.45) is 0 Å². The smallest absolute Gasteiger partial charge is 0.304 e. The number of carbonyl (C=O) groups is 2. The molecule has 0 unspecified atom stereocenters. The van der Waals surface area contributed by atoms with Gasteiger partial charge in [-0.2, -0.15) is 0 Å². The van der Waals surface area contributed by atoms with Crippen LogP contribution in [0.3, 0.4) is 0 Å². The van der Waals surface area contributed by atoms with E-state index in [0.717, 1.165) is 4.21 Å². The van der Waals surface area contributed by atoms with Crippen LogP contribution in [0.2, 0.25) is 0 Å². The highest BCUT2D eigenvalue weighted by atomic mass is 32.2. The van der Waals surface area contributed by atoms with Gasteiger partial charge in [0.2, 0.25) is 0 Å². The fraction of sp³-hybridized carbons (Fsp3) is 0.227. The maximum absolute atomic E-state index is 12.8. The van der Waals surface area contributed by atoms with Crippen LogP contribution in [-0.2, 0) is 4.79 Å². The summed E-state index contributed by atoms with van der Waals surface area (Å²) >= 11 is 2.68. The molecular formula is C22H22N2O5S2. The van der Waals surface area contributed by atoms with Crippen molar-refractivity contribution in [3.05, 3.63) is 60.3 Å². The van der Waals surface area contributed by atoms with E-state index < -0.39 is 5.97 Å². The van der Waals surface area contributed by atoms with Gasteiger partial charge < -0.3 is 14.6 Å². The number of thioether (sulfide) groups is 1. The van der Waals surface area contributed by atoms with E-state index in [1.807, 2.05) is 44.2 Å². The molecule has 3 rings (SSSR count). The van der Waals surface area contributed by atoms with Gasteiger partial charge in [0.05, 0.1) is 22.9 Å². The average Bonchev–Trinajstić information content (AvgIpc) is 3.15. The van der Waals surface area contributed by atoms with Crippen LogP contribution in [0.4, 0.5) is 5.13 Å². The SMILES string of the molecule is CC(C)Oc1cc(Oc2ccccc2)cc(C(=O)Nc2ncc(SCCC(=O)O)s2)c1. The Morgan fingerprint density at radius 1 is 1.13 bits per heavy atom. The van der Waals surface area contributed by atoms with E-state index in [2.05, 4.69) is 10.3 Å². The van der Waals surface area contributed by atoms with Gasteiger partial charge in [-0.25, -0.2) is 4.98 Å². The average molecular weight is 459 g/mol. The number of hydrogen-bond acceptors (Lipinski definition) is 7. The van der Waals surface area contributed by atoms with E-state index in [1.54, 1.807) is 24.4 Å². The molecule has 162 valence electrons. The van der Waals surface area contributed by atoms with Gasteiger partial charge in [0.1, 0.15) is 17.2 Å². The Hall–Kier alpha value is -3.04. The summed E-state index contributed by atoms with van der Waals surface area (Å²) in [7, 11) is 0. The quantitative estimate of drug-likeness (QED) is 0.385. The number of nitrogens with one attached hydrogen (secondary N) is 1. The van der Waals surface area contributed by atoms with Crippen molar-refractivity contribution in [1.29, 1.82) is 0 Å². The molecule has 0 bridgehead atoms. The van der Waals surface area contributed by atoms with Crippen molar-refractivity contribution in [2.75, 3.05) is 11.1 Å². The van der Waals surface area contributed by atoms with Crippen molar-refractivity contribution < 1.29 is 24.2 Å². The third-order valence-electron chi connectivity index (χ3n) is 3.76. The Kier molecular flexibility index (Phi) is 7.91. The first-order valence-electron chi connectivity index (χ1n) is 9.55. The second-order valence-electron chi connectivity index (χ2n) is 6.71.